The van der Waals surface area contributed by atoms with Gasteiger partial charge in [-0.05, 0) is 36.1 Å². The number of benzene rings is 2. The Hall–Kier alpha value is -2.55. The number of aromatic amines is 1. The van der Waals surface area contributed by atoms with Gasteiger partial charge < -0.3 is 10.3 Å². The standard InChI is InChI=1S/C20H22N2O/c1-14-7-3-4-8-16(14)12-22-20(23)15(2)11-17-13-21-19-10-6-5-9-18(17)19/h3-10,13,15,21H,11-12H2,1-2H3,(H,22,23). The van der Waals surface area contributed by atoms with E-state index in [-0.39, 0.29) is 11.8 Å². The van der Waals surface area contributed by atoms with Crippen LogP contribution in [0, 0.1) is 12.8 Å². The van der Waals surface area contributed by atoms with Crippen molar-refractivity contribution in [3.8, 4) is 0 Å². The second-order valence-corrected chi connectivity index (χ2v) is 6.11. The molecule has 0 bridgehead atoms. The number of hydrogen-bond acceptors (Lipinski definition) is 1. The third-order valence-electron chi connectivity index (χ3n) is 4.36. The van der Waals surface area contributed by atoms with Crippen LogP contribution in [0.3, 0.4) is 0 Å². The number of amides is 1. The number of rotatable bonds is 5. The molecule has 1 heterocycles. The van der Waals surface area contributed by atoms with E-state index in [1.54, 1.807) is 0 Å². The molecule has 1 aromatic heterocycles. The fourth-order valence-electron chi connectivity index (χ4n) is 2.89. The van der Waals surface area contributed by atoms with Crippen LogP contribution in [-0.2, 0) is 17.8 Å². The topological polar surface area (TPSA) is 44.9 Å². The van der Waals surface area contributed by atoms with Gasteiger partial charge in [0.15, 0.2) is 0 Å². The van der Waals surface area contributed by atoms with Crippen LogP contribution in [0.2, 0.25) is 0 Å². The van der Waals surface area contributed by atoms with Gasteiger partial charge in [-0.15, -0.1) is 0 Å². The van der Waals surface area contributed by atoms with Crippen molar-refractivity contribution < 1.29 is 4.79 Å². The predicted octanol–water partition coefficient (Wildman–Crippen LogP) is 3.97. The van der Waals surface area contributed by atoms with E-state index < -0.39 is 0 Å². The minimum absolute atomic E-state index is 0.0572. The monoisotopic (exact) mass is 306 g/mol. The van der Waals surface area contributed by atoms with Gasteiger partial charge in [0, 0.05) is 29.6 Å². The molecule has 0 aliphatic heterocycles. The third-order valence-corrected chi connectivity index (χ3v) is 4.36. The van der Waals surface area contributed by atoms with Gasteiger partial charge in [0.05, 0.1) is 0 Å². The molecule has 23 heavy (non-hydrogen) atoms. The van der Waals surface area contributed by atoms with E-state index in [1.165, 1.54) is 22.1 Å². The summed E-state index contributed by atoms with van der Waals surface area (Å²) in [6.07, 6.45) is 2.75. The number of fused-ring (bicyclic) bond motifs is 1. The Balaban J connectivity index is 1.63. The molecule has 3 heteroatoms. The van der Waals surface area contributed by atoms with Crippen LogP contribution in [0.5, 0.6) is 0 Å². The summed E-state index contributed by atoms with van der Waals surface area (Å²) in [6, 6.07) is 16.3. The Labute approximate surface area is 136 Å². The molecule has 0 radical (unpaired) electrons. The molecule has 0 fully saturated rings. The molecule has 0 saturated heterocycles. The molecule has 0 aliphatic carbocycles. The molecule has 3 rings (SSSR count). The predicted molar refractivity (Wildman–Crippen MR) is 94.2 cm³/mol. The van der Waals surface area contributed by atoms with E-state index in [4.69, 9.17) is 0 Å². The number of aryl methyl sites for hydroxylation is 1. The van der Waals surface area contributed by atoms with Crippen molar-refractivity contribution in [3.05, 3.63) is 71.4 Å². The Kier molecular flexibility index (Phi) is 4.47. The molecule has 0 saturated carbocycles. The molecule has 2 aromatic carbocycles. The second-order valence-electron chi connectivity index (χ2n) is 6.11. The highest BCUT2D eigenvalue weighted by molar-refractivity contribution is 5.84. The first-order valence-corrected chi connectivity index (χ1v) is 8.02. The number of nitrogens with one attached hydrogen (secondary N) is 2. The lowest BCUT2D eigenvalue weighted by Crippen LogP contribution is -2.30. The van der Waals surface area contributed by atoms with Gasteiger partial charge in [0.2, 0.25) is 5.91 Å². The summed E-state index contributed by atoms with van der Waals surface area (Å²) in [7, 11) is 0. The van der Waals surface area contributed by atoms with Gasteiger partial charge in [-0.2, -0.15) is 0 Å². The van der Waals surface area contributed by atoms with Gasteiger partial charge in [0.25, 0.3) is 0 Å². The lowest BCUT2D eigenvalue weighted by Gasteiger charge is -2.13. The number of carbonyl (C=O) groups is 1. The molecule has 118 valence electrons. The fraction of sp³-hybridized carbons (Fsp3) is 0.250. The van der Waals surface area contributed by atoms with Gasteiger partial charge in [-0.3, -0.25) is 4.79 Å². The van der Waals surface area contributed by atoms with Crippen molar-refractivity contribution >= 4 is 16.8 Å². The normalized spacial score (nSPS) is 12.3. The largest absolute Gasteiger partial charge is 0.361 e. The molecule has 3 nitrogen and oxygen atoms in total. The SMILES string of the molecule is Cc1ccccc1CNC(=O)C(C)Cc1c[nH]c2ccccc12. The molecular weight excluding hydrogens is 284 g/mol. The highest BCUT2D eigenvalue weighted by Gasteiger charge is 2.15. The van der Waals surface area contributed by atoms with E-state index >= 15 is 0 Å². The van der Waals surface area contributed by atoms with Crippen LogP contribution in [0.4, 0.5) is 0 Å². The highest BCUT2D eigenvalue weighted by Crippen LogP contribution is 2.20. The maximum atomic E-state index is 12.4. The van der Waals surface area contributed by atoms with Crippen LogP contribution < -0.4 is 5.32 Å². The molecular formula is C20H22N2O. The summed E-state index contributed by atoms with van der Waals surface area (Å²) in [4.78, 5) is 15.6. The maximum absolute atomic E-state index is 12.4. The molecule has 0 aliphatic rings. The number of carbonyl (C=O) groups excluding carboxylic acids is 1. The lowest BCUT2D eigenvalue weighted by atomic mass is 9.99. The van der Waals surface area contributed by atoms with Gasteiger partial charge in [0.1, 0.15) is 0 Å². The zero-order valence-electron chi connectivity index (χ0n) is 13.6. The Bertz CT molecular complexity index is 819. The van der Waals surface area contributed by atoms with Crippen LogP contribution in [0.1, 0.15) is 23.6 Å². The maximum Gasteiger partial charge on any atom is 0.223 e. The molecule has 1 amide bonds. The van der Waals surface area contributed by atoms with Crippen LogP contribution in [-0.4, -0.2) is 10.9 Å². The number of para-hydroxylation sites is 1. The summed E-state index contributed by atoms with van der Waals surface area (Å²) in [6.45, 7) is 4.63. The summed E-state index contributed by atoms with van der Waals surface area (Å²) >= 11 is 0. The summed E-state index contributed by atoms with van der Waals surface area (Å²) in [5, 5.41) is 4.25. The van der Waals surface area contributed by atoms with Gasteiger partial charge in [-0.1, -0.05) is 49.4 Å². The van der Waals surface area contributed by atoms with Crippen LogP contribution >= 0.6 is 0 Å². The van der Waals surface area contributed by atoms with Crippen molar-refractivity contribution in [1.29, 1.82) is 0 Å². The van der Waals surface area contributed by atoms with Crippen molar-refractivity contribution in [2.24, 2.45) is 5.92 Å². The first-order valence-electron chi connectivity index (χ1n) is 8.02. The number of aromatic nitrogens is 1. The van der Waals surface area contributed by atoms with Crippen molar-refractivity contribution in [1.82, 2.24) is 10.3 Å². The highest BCUT2D eigenvalue weighted by atomic mass is 16.1. The van der Waals surface area contributed by atoms with E-state index in [9.17, 15) is 4.79 Å². The average Bonchev–Trinajstić information content (AvgIpc) is 2.97. The van der Waals surface area contributed by atoms with Gasteiger partial charge in [-0.25, -0.2) is 0 Å². The minimum atomic E-state index is -0.0572. The Morgan fingerprint density at radius 1 is 1.09 bits per heavy atom. The molecule has 0 spiro atoms. The second kappa shape index (κ2) is 6.69. The lowest BCUT2D eigenvalue weighted by molar-refractivity contribution is -0.124. The van der Waals surface area contributed by atoms with Crippen molar-refractivity contribution in [3.63, 3.8) is 0 Å². The van der Waals surface area contributed by atoms with E-state index in [0.29, 0.717) is 6.54 Å². The smallest absolute Gasteiger partial charge is 0.223 e. The third kappa shape index (κ3) is 3.45. The van der Waals surface area contributed by atoms with Crippen LogP contribution in [0.25, 0.3) is 10.9 Å². The minimum Gasteiger partial charge on any atom is -0.361 e. The first-order chi connectivity index (χ1) is 11.1. The van der Waals surface area contributed by atoms with Gasteiger partial charge >= 0.3 is 0 Å². The van der Waals surface area contributed by atoms with E-state index in [2.05, 4.69) is 41.5 Å². The zero-order valence-corrected chi connectivity index (χ0v) is 13.6. The molecule has 2 N–H and O–H groups in total. The van der Waals surface area contributed by atoms with Crippen molar-refractivity contribution in [2.75, 3.05) is 0 Å². The fourth-order valence-corrected chi connectivity index (χ4v) is 2.89. The van der Waals surface area contributed by atoms with E-state index in [0.717, 1.165) is 11.9 Å². The Morgan fingerprint density at radius 3 is 2.65 bits per heavy atom. The average molecular weight is 306 g/mol. The molecule has 1 unspecified atom stereocenters. The van der Waals surface area contributed by atoms with E-state index in [1.807, 2.05) is 37.4 Å². The summed E-state index contributed by atoms with van der Waals surface area (Å²) < 4.78 is 0. The van der Waals surface area contributed by atoms with Crippen LogP contribution in [0.15, 0.2) is 54.7 Å². The summed E-state index contributed by atoms with van der Waals surface area (Å²) in [5.41, 5.74) is 4.69. The molecule has 1 atom stereocenters. The number of H-pyrrole nitrogens is 1. The van der Waals surface area contributed by atoms with Crippen molar-refractivity contribution in [2.45, 2.75) is 26.8 Å². The first kappa shape index (κ1) is 15.3. The Morgan fingerprint density at radius 2 is 1.83 bits per heavy atom. The zero-order chi connectivity index (χ0) is 16.2. The number of hydrogen-bond donors (Lipinski definition) is 2. The molecule has 3 aromatic rings. The summed E-state index contributed by atoms with van der Waals surface area (Å²) in [5.74, 6) is 0.0387. The quantitative estimate of drug-likeness (QED) is 0.736.